The Labute approximate surface area is 206 Å². The van der Waals surface area contributed by atoms with Crippen molar-refractivity contribution in [2.75, 3.05) is 0 Å². The summed E-state index contributed by atoms with van der Waals surface area (Å²) in [6.07, 6.45) is 2.36. The van der Waals surface area contributed by atoms with Gasteiger partial charge in [-0.05, 0) is 49.7 Å². The summed E-state index contributed by atoms with van der Waals surface area (Å²) in [5, 5.41) is 6.13. The molecule has 4 fully saturated rings. The summed E-state index contributed by atoms with van der Waals surface area (Å²) in [5.74, 6) is -5.48. The fraction of sp³-hybridized carbons (Fsp3) is 0.538. The number of carbonyl (C=O) groups excluding carboxylic acids is 6. The van der Waals surface area contributed by atoms with E-state index in [1.165, 1.54) is 0 Å². The zero-order valence-corrected chi connectivity index (χ0v) is 19.4. The molecule has 10 nitrogen and oxygen atoms in total. The van der Waals surface area contributed by atoms with Crippen molar-refractivity contribution in [1.82, 2.24) is 10.6 Å². The van der Waals surface area contributed by atoms with Crippen molar-refractivity contribution in [3.8, 4) is 0 Å². The summed E-state index contributed by atoms with van der Waals surface area (Å²) in [6.45, 7) is 0. The van der Waals surface area contributed by atoms with Crippen LogP contribution in [0.5, 0.6) is 0 Å². The van der Waals surface area contributed by atoms with Gasteiger partial charge in [-0.3, -0.25) is 28.8 Å². The molecule has 3 aliphatic carbocycles. The van der Waals surface area contributed by atoms with Crippen LogP contribution in [-0.4, -0.2) is 35.7 Å². The van der Waals surface area contributed by atoms with E-state index in [0.29, 0.717) is 25.7 Å². The van der Waals surface area contributed by atoms with E-state index in [1.54, 1.807) is 0 Å². The Kier molecular flexibility index (Phi) is 5.42. The van der Waals surface area contributed by atoms with Crippen molar-refractivity contribution in [3.63, 3.8) is 0 Å². The normalized spacial score (nSPS) is 36.6. The largest absolute Gasteiger partial charge is 0.393 e. The van der Waals surface area contributed by atoms with Gasteiger partial charge in [-0.2, -0.15) is 0 Å². The first kappa shape index (κ1) is 22.9. The summed E-state index contributed by atoms with van der Waals surface area (Å²) in [4.78, 5) is 74.1. The smallest absolute Gasteiger partial charge is 0.317 e. The summed E-state index contributed by atoms with van der Waals surface area (Å²) in [6, 6.07) is 6.62. The molecule has 10 heteroatoms. The van der Waals surface area contributed by atoms with Crippen LogP contribution < -0.4 is 10.6 Å². The third kappa shape index (κ3) is 3.70. The number of benzene rings is 1. The topological polar surface area (TPSA) is 145 Å². The van der Waals surface area contributed by atoms with Crippen molar-refractivity contribution in [2.45, 2.75) is 50.6 Å². The molecule has 0 aromatic heterocycles. The second-order valence-corrected chi connectivity index (χ2v) is 10.6. The van der Waals surface area contributed by atoms with Gasteiger partial charge in [0, 0.05) is 11.8 Å². The predicted octanol–water partition coefficient (Wildman–Crippen LogP) is 1.25. The first-order valence-electron chi connectivity index (χ1n) is 12.5. The maximum atomic E-state index is 13.2. The van der Waals surface area contributed by atoms with E-state index in [2.05, 4.69) is 10.6 Å². The highest BCUT2D eigenvalue weighted by molar-refractivity contribution is 5.98. The number of esters is 4. The quantitative estimate of drug-likeness (QED) is 0.470. The average Bonchev–Trinajstić information content (AvgIpc) is 3.41. The molecule has 5 aliphatic rings. The van der Waals surface area contributed by atoms with Gasteiger partial charge in [-0.15, -0.1) is 0 Å². The van der Waals surface area contributed by atoms with E-state index < -0.39 is 71.5 Å². The van der Waals surface area contributed by atoms with Gasteiger partial charge >= 0.3 is 23.9 Å². The van der Waals surface area contributed by atoms with Crippen molar-refractivity contribution in [1.29, 1.82) is 0 Å². The van der Waals surface area contributed by atoms with E-state index in [1.807, 2.05) is 24.3 Å². The van der Waals surface area contributed by atoms with Gasteiger partial charge in [0.05, 0.1) is 35.8 Å². The molecule has 2 saturated heterocycles. The summed E-state index contributed by atoms with van der Waals surface area (Å²) < 4.78 is 9.51. The highest BCUT2D eigenvalue weighted by atomic mass is 16.6. The fourth-order valence-corrected chi connectivity index (χ4v) is 6.61. The van der Waals surface area contributed by atoms with Crippen molar-refractivity contribution in [2.24, 2.45) is 35.5 Å². The number of carbonyl (C=O) groups is 6. The highest BCUT2D eigenvalue weighted by Gasteiger charge is 2.50. The molecule has 0 radical (unpaired) electrons. The lowest BCUT2D eigenvalue weighted by Gasteiger charge is -2.31. The van der Waals surface area contributed by atoms with Gasteiger partial charge in [-0.25, -0.2) is 0 Å². The predicted molar refractivity (Wildman–Crippen MR) is 119 cm³/mol. The Morgan fingerprint density at radius 3 is 1.50 bits per heavy atom. The van der Waals surface area contributed by atoms with Crippen LogP contribution in [0.25, 0.3) is 0 Å². The van der Waals surface area contributed by atoms with Crippen LogP contribution in [0.1, 0.15) is 61.7 Å². The average molecular weight is 495 g/mol. The Morgan fingerprint density at radius 2 is 1.06 bits per heavy atom. The standard InChI is InChI=1S/C26H26N2O8/c29-21(13-4-6-15-17(9-13)25(33)35-23(15)31)27-19-11-2-1-3-12(8-11)20(19)28-22(30)14-5-7-16-18(10-14)26(34)36-24(16)32/h1-3,8,13-20H,4-7,9-10H2,(H,27,29)(H,28,30). The monoisotopic (exact) mass is 494 g/mol. The third-order valence-corrected chi connectivity index (χ3v) is 8.61. The summed E-state index contributed by atoms with van der Waals surface area (Å²) >= 11 is 0. The van der Waals surface area contributed by atoms with Crippen molar-refractivity contribution >= 4 is 35.7 Å². The molecule has 6 rings (SSSR count). The van der Waals surface area contributed by atoms with Crippen LogP contribution in [0.2, 0.25) is 0 Å². The first-order chi connectivity index (χ1) is 17.3. The molecule has 2 heterocycles. The number of ether oxygens (including phenoxy) is 2. The van der Waals surface area contributed by atoms with E-state index in [-0.39, 0.29) is 24.7 Å². The van der Waals surface area contributed by atoms with Gasteiger partial charge in [0.25, 0.3) is 0 Å². The molecule has 2 aliphatic heterocycles. The van der Waals surface area contributed by atoms with Gasteiger partial charge in [0.15, 0.2) is 0 Å². The van der Waals surface area contributed by atoms with Crippen LogP contribution in [-0.2, 0) is 38.2 Å². The van der Waals surface area contributed by atoms with Gasteiger partial charge in [0.2, 0.25) is 11.8 Å². The minimum atomic E-state index is -0.577. The molecule has 2 saturated carbocycles. The Balaban J connectivity index is 1.13. The number of fused-ring (bicyclic) bond motifs is 4. The van der Waals surface area contributed by atoms with Gasteiger partial charge in [0.1, 0.15) is 0 Å². The van der Waals surface area contributed by atoms with Gasteiger partial charge in [-0.1, -0.05) is 24.3 Å². The molecular formula is C26H26N2O8. The van der Waals surface area contributed by atoms with Crippen molar-refractivity contribution in [3.05, 3.63) is 35.4 Å². The van der Waals surface area contributed by atoms with Crippen LogP contribution in [0.3, 0.4) is 0 Å². The summed E-state index contributed by atoms with van der Waals surface area (Å²) in [5.41, 5.74) is 1.73. The first-order valence-corrected chi connectivity index (χ1v) is 12.5. The lowest BCUT2D eigenvalue weighted by Crippen LogP contribution is -2.44. The lowest BCUT2D eigenvalue weighted by molar-refractivity contribution is -0.155. The molecule has 36 heavy (non-hydrogen) atoms. The maximum absolute atomic E-state index is 13.2. The Bertz CT molecular complexity index is 1110. The second-order valence-electron chi connectivity index (χ2n) is 10.6. The minimum absolute atomic E-state index is 0.222. The molecular weight excluding hydrogens is 468 g/mol. The van der Waals surface area contributed by atoms with Crippen LogP contribution in [0.15, 0.2) is 24.3 Å². The second kappa shape index (κ2) is 8.53. The SMILES string of the molecule is O=C(NC1c2cccc(c2)C1NC(=O)C1CCC2C(=O)OC(=O)C2C1)C1CCC2C(=O)OC(=O)C2C1. The summed E-state index contributed by atoms with van der Waals surface area (Å²) in [7, 11) is 0. The molecule has 8 atom stereocenters. The number of hydrogen-bond acceptors (Lipinski definition) is 8. The van der Waals surface area contributed by atoms with Crippen molar-refractivity contribution < 1.29 is 38.2 Å². The minimum Gasteiger partial charge on any atom is -0.393 e. The van der Waals surface area contributed by atoms with Crippen LogP contribution in [0.4, 0.5) is 0 Å². The molecule has 8 unspecified atom stereocenters. The lowest BCUT2D eigenvalue weighted by atomic mass is 9.74. The molecule has 2 N–H and O–H groups in total. The third-order valence-electron chi connectivity index (χ3n) is 8.61. The zero-order chi connectivity index (χ0) is 25.1. The Morgan fingerprint density at radius 1 is 0.639 bits per heavy atom. The molecule has 2 bridgehead atoms. The number of hydrogen-bond donors (Lipinski definition) is 2. The molecule has 1 aromatic carbocycles. The van der Waals surface area contributed by atoms with Gasteiger partial charge < -0.3 is 20.1 Å². The van der Waals surface area contributed by atoms with Crippen LogP contribution in [0, 0.1) is 35.5 Å². The maximum Gasteiger partial charge on any atom is 0.317 e. The Hall–Kier alpha value is -3.56. The number of rotatable bonds is 4. The van der Waals surface area contributed by atoms with E-state index in [4.69, 9.17) is 9.47 Å². The number of amides is 2. The number of nitrogens with one attached hydrogen (secondary N) is 2. The molecule has 0 spiro atoms. The van der Waals surface area contributed by atoms with E-state index >= 15 is 0 Å². The van der Waals surface area contributed by atoms with Crippen LogP contribution >= 0.6 is 0 Å². The molecule has 188 valence electrons. The van der Waals surface area contributed by atoms with E-state index in [0.717, 1.165) is 11.1 Å². The molecule has 1 aromatic rings. The molecule has 2 amide bonds. The van der Waals surface area contributed by atoms with E-state index in [9.17, 15) is 28.8 Å². The fourth-order valence-electron chi connectivity index (χ4n) is 6.61. The zero-order valence-electron chi connectivity index (χ0n) is 19.4. The number of cyclic esters (lactones) is 4. The highest BCUT2D eigenvalue weighted by Crippen LogP contribution is 2.43.